The fourth-order valence-corrected chi connectivity index (χ4v) is 7.69. The highest BCUT2D eigenvalue weighted by Crippen LogP contribution is 2.67. The number of rotatable bonds is 2. The maximum absolute atomic E-state index is 12.4. The molecular weight excluding hydrogens is 264 g/mol. The number of hydrogen-bond acceptors (Lipinski definition) is 4. The first-order chi connectivity index (χ1) is 8.56. The summed E-state index contributed by atoms with van der Waals surface area (Å²) >= 11 is 0. The number of fused-ring (bicyclic) bond motifs is 1. The molecule has 6 unspecified atom stereocenters. The van der Waals surface area contributed by atoms with E-state index in [1.807, 2.05) is 6.92 Å². The molecule has 0 aromatic rings. The molecule has 0 aromatic heterocycles. The van der Waals surface area contributed by atoms with Crippen LogP contribution in [-0.2, 0) is 19.0 Å². The summed E-state index contributed by atoms with van der Waals surface area (Å²) in [5.41, 5.74) is -1.06. The lowest BCUT2D eigenvalue weighted by atomic mass is 9.60. The van der Waals surface area contributed by atoms with E-state index in [0.717, 1.165) is 0 Å². The van der Waals surface area contributed by atoms with Crippen molar-refractivity contribution in [2.45, 2.75) is 64.1 Å². The number of hydrogen-bond donors (Lipinski definition) is 0. The van der Waals surface area contributed by atoms with Crippen LogP contribution in [0.4, 0.5) is 0 Å². The van der Waals surface area contributed by atoms with Crippen molar-refractivity contribution in [3.05, 3.63) is 0 Å². The molecule has 0 spiro atoms. The quantitative estimate of drug-likeness (QED) is 0.731. The first-order valence-electron chi connectivity index (χ1n) is 7.18. The fraction of sp³-hybridized carbons (Fsp3) is 1.00. The maximum Gasteiger partial charge on any atom is 0.273 e. The van der Waals surface area contributed by atoms with Crippen molar-refractivity contribution >= 4 is 10.1 Å². The predicted molar refractivity (Wildman–Crippen MR) is 72.1 cm³/mol. The second-order valence-corrected chi connectivity index (χ2v) is 9.13. The van der Waals surface area contributed by atoms with Crippen LogP contribution in [0.25, 0.3) is 0 Å². The summed E-state index contributed by atoms with van der Waals surface area (Å²) in [5.74, 6) is 0.745. The summed E-state index contributed by atoms with van der Waals surface area (Å²) in [6.45, 7) is 12.4. The SMILES string of the molecule is CC(C)C1C2OS(=O)(=O)C3C(C(C)C)C1(C)OC23C. The van der Waals surface area contributed by atoms with Crippen LogP contribution in [0.5, 0.6) is 0 Å². The van der Waals surface area contributed by atoms with Crippen molar-refractivity contribution in [2.24, 2.45) is 23.7 Å². The van der Waals surface area contributed by atoms with Crippen LogP contribution in [0.2, 0.25) is 0 Å². The van der Waals surface area contributed by atoms with Gasteiger partial charge in [-0.3, -0.25) is 4.18 Å². The normalized spacial score (nSPS) is 54.5. The summed E-state index contributed by atoms with van der Waals surface area (Å²) in [6.07, 6.45) is -0.317. The Morgan fingerprint density at radius 2 is 1.47 bits per heavy atom. The molecule has 0 amide bonds. The third kappa shape index (κ3) is 1.39. The molecular formula is C14H24O4S. The Morgan fingerprint density at radius 3 is 1.95 bits per heavy atom. The Balaban J connectivity index is 2.22. The minimum atomic E-state index is -3.51. The zero-order chi connectivity index (χ0) is 14.4. The highest BCUT2D eigenvalue weighted by molar-refractivity contribution is 7.87. The van der Waals surface area contributed by atoms with Gasteiger partial charge < -0.3 is 4.74 Å². The Hall–Kier alpha value is -0.130. The van der Waals surface area contributed by atoms with Crippen molar-refractivity contribution in [1.29, 1.82) is 0 Å². The molecule has 110 valence electrons. The van der Waals surface area contributed by atoms with Gasteiger partial charge in [-0.25, -0.2) is 0 Å². The highest BCUT2D eigenvalue weighted by Gasteiger charge is 2.81. The second kappa shape index (κ2) is 3.55. The molecule has 5 heteroatoms. The molecule has 0 radical (unpaired) electrons. The molecule has 3 aliphatic heterocycles. The number of ether oxygens (including phenoxy) is 1. The van der Waals surface area contributed by atoms with Crippen molar-refractivity contribution in [3.8, 4) is 0 Å². The standard InChI is InChI=1S/C14H24O4S/c1-7(2)9-11-14(6)12(19(15,16)17-11)10(8(3)4)13(9,5)18-14/h7-12H,1-6H3. The average molecular weight is 288 g/mol. The van der Waals surface area contributed by atoms with Gasteiger partial charge in [-0.05, 0) is 25.7 Å². The van der Waals surface area contributed by atoms with Crippen LogP contribution in [0, 0.1) is 23.7 Å². The van der Waals surface area contributed by atoms with E-state index in [1.54, 1.807) is 0 Å². The fourth-order valence-electron chi connectivity index (χ4n) is 5.27. The van der Waals surface area contributed by atoms with Crippen LogP contribution in [0.15, 0.2) is 0 Å². The van der Waals surface area contributed by atoms with Crippen molar-refractivity contribution in [2.75, 3.05) is 0 Å². The lowest BCUT2D eigenvalue weighted by Gasteiger charge is -2.42. The van der Waals surface area contributed by atoms with Gasteiger partial charge in [0.05, 0.1) is 5.60 Å². The minimum absolute atomic E-state index is 0.00801. The van der Waals surface area contributed by atoms with E-state index < -0.39 is 26.6 Å². The molecule has 6 atom stereocenters. The van der Waals surface area contributed by atoms with E-state index in [0.29, 0.717) is 5.92 Å². The topological polar surface area (TPSA) is 52.6 Å². The van der Waals surface area contributed by atoms with E-state index >= 15 is 0 Å². The van der Waals surface area contributed by atoms with E-state index in [4.69, 9.17) is 8.92 Å². The molecule has 4 nitrogen and oxygen atoms in total. The molecule has 3 fully saturated rings. The zero-order valence-corrected chi connectivity index (χ0v) is 13.3. The van der Waals surface area contributed by atoms with Gasteiger partial charge in [-0.15, -0.1) is 0 Å². The van der Waals surface area contributed by atoms with E-state index in [1.165, 1.54) is 0 Å². The van der Waals surface area contributed by atoms with Gasteiger partial charge in [-0.1, -0.05) is 27.7 Å². The lowest BCUT2D eigenvalue weighted by Crippen LogP contribution is -2.55. The molecule has 0 aliphatic carbocycles. The predicted octanol–water partition coefficient (Wildman–Crippen LogP) is 2.19. The largest absolute Gasteiger partial charge is 0.364 e. The summed E-state index contributed by atoms with van der Waals surface area (Å²) in [4.78, 5) is 0. The van der Waals surface area contributed by atoms with Crippen LogP contribution in [-0.4, -0.2) is 31.0 Å². The van der Waals surface area contributed by atoms with Gasteiger partial charge in [0.15, 0.2) is 0 Å². The van der Waals surface area contributed by atoms with Crippen LogP contribution in [0.3, 0.4) is 0 Å². The molecule has 3 heterocycles. The van der Waals surface area contributed by atoms with E-state index in [2.05, 4.69) is 34.6 Å². The average Bonchev–Trinajstić information content (AvgIpc) is 2.61. The summed E-state index contributed by atoms with van der Waals surface area (Å²) in [6, 6.07) is 0. The summed E-state index contributed by atoms with van der Waals surface area (Å²) < 4.78 is 36.6. The van der Waals surface area contributed by atoms with Crippen molar-refractivity contribution < 1.29 is 17.3 Å². The summed E-state index contributed by atoms with van der Waals surface area (Å²) in [5, 5.41) is -0.509. The molecule has 3 saturated heterocycles. The summed E-state index contributed by atoms with van der Waals surface area (Å²) in [7, 11) is -3.51. The van der Waals surface area contributed by atoms with Gasteiger partial charge in [-0.2, -0.15) is 8.42 Å². The molecule has 0 aromatic carbocycles. The monoisotopic (exact) mass is 288 g/mol. The zero-order valence-electron chi connectivity index (χ0n) is 12.5. The van der Waals surface area contributed by atoms with Gasteiger partial charge in [0, 0.05) is 11.8 Å². The molecule has 2 bridgehead atoms. The highest BCUT2D eigenvalue weighted by atomic mass is 32.2. The van der Waals surface area contributed by atoms with E-state index in [-0.39, 0.29) is 23.9 Å². The van der Waals surface area contributed by atoms with Gasteiger partial charge in [0.2, 0.25) is 0 Å². The molecule has 0 saturated carbocycles. The third-order valence-electron chi connectivity index (χ3n) is 5.53. The lowest BCUT2D eigenvalue weighted by molar-refractivity contribution is -0.0653. The van der Waals surface area contributed by atoms with Gasteiger partial charge in [0.25, 0.3) is 10.1 Å². The molecule has 3 aliphatic rings. The van der Waals surface area contributed by atoms with Crippen LogP contribution in [0.1, 0.15) is 41.5 Å². The van der Waals surface area contributed by atoms with Gasteiger partial charge >= 0.3 is 0 Å². The van der Waals surface area contributed by atoms with Crippen LogP contribution >= 0.6 is 0 Å². The van der Waals surface area contributed by atoms with E-state index in [9.17, 15) is 8.42 Å². The Labute approximate surface area is 116 Å². The Kier molecular flexibility index (Phi) is 2.58. The second-order valence-electron chi connectivity index (χ2n) is 7.44. The third-order valence-corrected chi connectivity index (χ3v) is 7.39. The first-order valence-corrected chi connectivity index (χ1v) is 8.65. The molecule has 0 N–H and O–H groups in total. The minimum Gasteiger partial charge on any atom is -0.364 e. The molecule has 19 heavy (non-hydrogen) atoms. The first kappa shape index (κ1) is 13.8. The smallest absolute Gasteiger partial charge is 0.273 e. The van der Waals surface area contributed by atoms with Gasteiger partial charge in [0.1, 0.15) is 17.0 Å². The Bertz CT molecular complexity index is 512. The molecule has 3 rings (SSSR count). The maximum atomic E-state index is 12.4. The van der Waals surface area contributed by atoms with Crippen molar-refractivity contribution in [1.82, 2.24) is 0 Å². The van der Waals surface area contributed by atoms with Crippen LogP contribution < -0.4 is 0 Å². The Morgan fingerprint density at radius 1 is 0.947 bits per heavy atom. The van der Waals surface area contributed by atoms with Crippen molar-refractivity contribution in [3.63, 3.8) is 0 Å².